The molecule has 0 bridgehead atoms. The predicted molar refractivity (Wildman–Crippen MR) is 119 cm³/mol. The van der Waals surface area contributed by atoms with Gasteiger partial charge in [0.05, 0.1) is 13.5 Å². The Morgan fingerprint density at radius 1 is 0.971 bits per heavy atom. The lowest BCUT2D eigenvalue weighted by molar-refractivity contribution is -0.141. The second kappa shape index (κ2) is 10.5. The van der Waals surface area contributed by atoms with E-state index in [1.54, 1.807) is 12.1 Å². The van der Waals surface area contributed by atoms with Gasteiger partial charge in [-0.25, -0.2) is 0 Å². The van der Waals surface area contributed by atoms with Crippen LogP contribution in [0.2, 0.25) is 0 Å². The number of carbonyl (C=O) groups is 2. The molecule has 2 aromatic rings. The first-order valence-electron chi connectivity index (χ1n) is 10.2. The summed E-state index contributed by atoms with van der Waals surface area (Å²) in [6, 6.07) is 11.2. The van der Waals surface area contributed by atoms with Crippen molar-refractivity contribution in [1.82, 2.24) is 5.32 Å². The van der Waals surface area contributed by atoms with Crippen LogP contribution >= 0.6 is 0 Å². The van der Waals surface area contributed by atoms with Gasteiger partial charge in [0.15, 0.2) is 0 Å². The van der Waals surface area contributed by atoms with Crippen molar-refractivity contribution in [2.24, 2.45) is 0 Å². The monoisotopic (exact) mass is 501 g/mol. The van der Waals surface area contributed by atoms with Crippen molar-refractivity contribution in [3.63, 3.8) is 0 Å². The Morgan fingerprint density at radius 3 is 2.00 bits per heavy atom. The molecule has 0 saturated carbocycles. The van der Waals surface area contributed by atoms with Crippen molar-refractivity contribution in [1.29, 1.82) is 0 Å². The van der Waals surface area contributed by atoms with Gasteiger partial charge in [-0.15, -0.1) is 0 Å². The highest BCUT2D eigenvalue weighted by atomic mass is 32.2. The van der Waals surface area contributed by atoms with Gasteiger partial charge in [0.2, 0.25) is 0 Å². The molecule has 7 nitrogen and oxygen atoms in total. The molecular weight excluding hydrogens is 475 g/mol. The highest BCUT2D eigenvalue weighted by Crippen LogP contribution is 2.27. The van der Waals surface area contributed by atoms with Gasteiger partial charge in [-0.05, 0) is 47.2 Å². The molecule has 0 fully saturated rings. The summed E-state index contributed by atoms with van der Waals surface area (Å²) in [5, 5.41) is 2.76. The minimum Gasteiger partial charge on any atom is -0.469 e. The molecule has 0 saturated heterocycles. The fraction of sp³-hybridized carbons (Fsp3) is 0.391. The Balaban J connectivity index is 2.14. The van der Waals surface area contributed by atoms with Crippen molar-refractivity contribution in [3.05, 3.63) is 65.2 Å². The summed E-state index contributed by atoms with van der Waals surface area (Å²) in [6.07, 6.45) is -0.0176. The van der Waals surface area contributed by atoms with E-state index < -0.39 is 39.3 Å². The third-order valence-corrected chi connectivity index (χ3v) is 5.86. The predicted octanol–water partition coefficient (Wildman–Crippen LogP) is 4.12. The van der Waals surface area contributed by atoms with Crippen LogP contribution in [-0.4, -0.2) is 39.0 Å². The first-order chi connectivity index (χ1) is 15.6. The van der Waals surface area contributed by atoms with Crippen molar-refractivity contribution >= 4 is 22.0 Å². The maximum atomic E-state index is 12.7. The average molecular weight is 502 g/mol. The molecule has 1 N–H and O–H groups in total. The number of nitrogens with one attached hydrogen (secondary N) is 1. The lowest BCUT2D eigenvalue weighted by Gasteiger charge is -2.20. The SMILES string of the molecule is COC(=O)CC(Cc1ccc(OS(=O)(=O)C(F)(F)F)cc1)NC(=O)c1ccc(C(C)(C)C)cc1. The number of halogens is 3. The quantitative estimate of drug-likeness (QED) is 0.332. The van der Waals surface area contributed by atoms with Crippen LogP contribution in [0.15, 0.2) is 48.5 Å². The molecule has 0 aliphatic carbocycles. The smallest absolute Gasteiger partial charge is 0.469 e. The molecule has 186 valence electrons. The van der Waals surface area contributed by atoms with E-state index in [9.17, 15) is 31.2 Å². The number of ether oxygens (including phenoxy) is 1. The van der Waals surface area contributed by atoms with Gasteiger partial charge < -0.3 is 14.2 Å². The van der Waals surface area contributed by atoms with Gasteiger partial charge in [-0.1, -0.05) is 45.0 Å². The molecule has 0 aliphatic heterocycles. The summed E-state index contributed by atoms with van der Waals surface area (Å²) in [5.74, 6) is -1.50. The maximum absolute atomic E-state index is 12.7. The van der Waals surface area contributed by atoms with Gasteiger partial charge in [-0.2, -0.15) is 21.6 Å². The zero-order valence-electron chi connectivity index (χ0n) is 19.1. The Labute approximate surface area is 196 Å². The van der Waals surface area contributed by atoms with Crippen LogP contribution in [0.1, 0.15) is 48.7 Å². The Kier molecular flexibility index (Phi) is 8.35. The van der Waals surface area contributed by atoms with Crippen LogP contribution < -0.4 is 9.50 Å². The number of methoxy groups -OCH3 is 1. The number of rotatable bonds is 8. The average Bonchev–Trinajstić information content (AvgIpc) is 2.73. The first kappa shape index (κ1) is 27.2. The lowest BCUT2D eigenvalue weighted by Crippen LogP contribution is -2.38. The van der Waals surface area contributed by atoms with Crippen LogP contribution in [0.25, 0.3) is 0 Å². The van der Waals surface area contributed by atoms with Crippen molar-refractivity contribution in [2.75, 3.05) is 7.11 Å². The molecular formula is C23H26F3NO6S. The number of hydrogen-bond donors (Lipinski definition) is 1. The largest absolute Gasteiger partial charge is 0.534 e. The number of alkyl halides is 3. The minimum absolute atomic E-state index is 0.0856. The van der Waals surface area contributed by atoms with Crippen LogP contribution in [0.4, 0.5) is 13.2 Å². The molecule has 1 atom stereocenters. The van der Waals surface area contributed by atoms with E-state index in [0.717, 1.165) is 17.7 Å². The van der Waals surface area contributed by atoms with E-state index in [1.165, 1.54) is 19.2 Å². The molecule has 2 rings (SSSR count). The molecule has 0 radical (unpaired) electrons. The van der Waals surface area contributed by atoms with E-state index in [-0.39, 0.29) is 18.3 Å². The van der Waals surface area contributed by atoms with Crippen LogP contribution in [0, 0.1) is 0 Å². The molecule has 0 aliphatic rings. The molecule has 2 aromatic carbocycles. The van der Waals surface area contributed by atoms with Gasteiger partial charge in [0.1, 0.15) is 5.75 Å². The van der Waals surface area contributed by atoms with E-state index in [4.69, 9.17) is 0 Å². The van der Waals surface area contributed by atoms with Crippen molar-refractivity contribution in [2.45, 2.75) is 50.6 Å². The fourth-order valence-corrected chi connectivity index (χ4v) is 3.45. The van der Waals surface area contributed by atoms with Crippen LogP contribution in [0.3, 0.4) is 0 Å². The number of carbonyl (C=O) groups excluding carboxylic acids is 2. The lowest BCUT2D eigenvalue weighted by atomic mass is 9.86. The van der Waals surface area contributed by atoms with Crippen molar-refractivity contribution < 1.29 is 40.1 Å². The number of esters is 1. The topological polar surface area (TPSA) is 98.8 Å². The maximum Gasteiger partial charge on any atom is 0.534 e. The highest BCUT2D eigenvalue weighted by Gasteiger charge is 2.48. The number of benzene rings is 2. The van der Waals surface area contributed by atoms with E-state index in [2.05, 4.69) is 14.2 Å². The summed E-state index contributed by atoms with van der Waals surface area (Å²) < 4.78 is 68.4. The third-order valence-electron chi connectivity index (χ3n) is 4.88. The van der Waals surface area contributed by atoms with Crippen molar-refractivity contribution in [3.8, 4) is 5.75 Å². The summed E-state index contributed by atoms with van der Waals surface area (Å²) in [6.45, 7) is 6.13. The Bertz CT molecular complexity index is 1110. The molecule has 34 heavy (non-hydrogen) atoms. The fourth-order valence-electron chi connectivity index (χ4n) is 2.99. The van der Waals surface area contributed by atoms with Gasteiger partial charge in [0, 0.05) is 11.6 Å². The minimum atomic E-state index is -5.78. The van der Waals surface area contributed by atoms with E-state index in [1.807, 2.05) is 32.9 Å². The number of hydrogen-bond acceptors (Lipinski definition) is 6. The summed E-state index contributed by atoms with van der Waals surface area (Å²) in [7, 11) is -4.58. The summed E-state index contributed by atoms with van der Waals surface area (Å²) in [5.41, 5.74) is -3.67. The van der Waals surface area contributed by atoms with Crippen LogP contribution in [0.5, 0.6) is 5.75 Å². The molecule has 1 amide bonds. The summed E-state index contributed by atoms with van der Waals surface area (Å²) in [4.78, 5) is 24.5. The third kappa shape index (κ3) is 7.47. The Morgan fingerprint density at radius 2 is 1.53 bits per heavy atom. The normalized spacial score (nSPS) is 13.1. The standard InChI is InChI=1S/C23H26F3NO6S/c1-22(2,3)17-9-7-16(8-10-17)21(29)27-18(14-20(28)32-4)13-15-5-11-19(12-6-15)33-34(30,31)23(24,25)26/h5-12,18H,13-14H2,1-4H3,(H,27,29). The second-order valence-electron chi connectivity index (χ2n) is 8.61. The first-order valence-corrected chi connectivity index (χ1v) is 11.6. The van der Waals surface area contributed by atoms with E-state index >= 15 is 0 Å². The Hall–Kier alpha value is -3.08. The molecule has 11 heteroatoms. The van der Waals surface area contributed by atoms with Gasteiger partial charge >= 0.3 is 21.6 Å². The summed E-state index contributed by atoms with van der Waals surface area (Å²) >= 11 is 0. The number of amides is 1. The van der Waals surface area contributed by atoms with Gasteiger partial charge in [0.25, 0.3) is 5.91 Å². The zero-order valence-corrected chi connectivity index (χ0v) is 19.9. The zero-order chi connectivity index (χ0) is 25.7. The van der Waals surface area contributed by atoms with Gasteiger partial charge in [-0.3, -0.25) is 9.59 Å². The molecule has 0 heterocycles. The second-order valence-corrected chi connectivity index (χ2v) is 10.1. The van der Waals surface area contributed by atoms with Crippen LogP contribution in [-0.2, 0) is 31.5 Å². The molecule has 1 unspecified atom stereocenters. The molecule has 0 spiro atoms. The molecule has 0 aromatic heterocycles. The highest BCUT2D eigenvalue weighted by molar-refractivity contribution is 7.88. The van der Waals surface area contributed by atoms with E-state index in [0.29, 0.717) is 11.1 Å².